The van der Waals surface area contributed by atoms with E-state index in [4.69, 9.17) is 19.0 Å². The second-order valence-electron chi connectivity index (χ2n) is 9.83. The van der Waals surface area contributed by atoms with E-state index < -0.39 is 17.8 Å². The summed E-state index contributed by atoms with van der Waals surface area (Å²) in [7, 11) is 0. The summed E-state index contributed by atoms with van der Waals surface area (Å²) in [6, 6.07) is 5.93. The number of carbonyl (C=O) groups is 4. The molecule has 0 atom stereocenters. The van der Waals surface area contributed by atoms with Gasteiger partial charge in [0.05, 0.1) is 39.4 Å². The highest BCUT2D eigenvalue weighted by molar-refractivity contribution is 7.81. The van der Waals surface area contributed by atoms with Gasteiger partial charge in [-0.1, -0.05) is 13.8 Å². The molecule has 0 radical (unpaired) electrons. The minimum absolute atomic E-state index is 0.0606. The van der Waals surface area contributed by atoms with E-state index in [1.807, 2.05) is 32.0 Å². The molecule has 10 nitrogen and oxygen atoms in total. The molecule has 2 amide bonds. The Morgan fingerprint density at radius 2 is 1.66 bits per heavy atom. The number of ketones is 1. The molecule has 0 N–H and O–H groups in total. The van der Waals surface area contributed by atoms with Crippen molar-refractivity contribution in [1.82, 2.24) is 5.06 Å². The third-order valence-corrected chi connectivity index (χ3v) is 6.00. The normalized spacial score (nSPS) is 16.6. The lowest BCUT2D eigenvalue weighted by atomic mass is 9.90. The van der Waals surface area contributed by atoms with Gasteiger partial charge in [-0.3, -0.25) is 19.4 Å². The molecule has 0 spiro atoms. The van der Waals surface area contributed by atoms with Crippen molar-refractivity contribution in [2.45, 2.75) is 63.5 Å². The number of imide groups is 1. The Bertz CT molecular complexity index is 1030. The van der Waals surface area contributed by atoms with Crippen LogP contribution in [0.2, 0.25) is 0 Å². The van der Waals surface area contributed by atoms with E-state index in [1.165, 1.54) is 5.56 Å². The first-order valence-corrected chi connectivity index (χ1v) is 13.3. The van der Waals surface area contributed by atoms with Crippen LogP contribution in [0.4, 0.5) is 0 Å². The molecule has 1 aliphatic carbocycles. The summed E-state index contributed by atoms with van der Waals surface area (Å²) >= 11 is 4.43. The van der Waals surface area contributed by atoms with E-state index in [9.17, 15) is 19.2 Å². The first kappa shape index (κ1) is 29.8. The van der Waals surface area contributed by atoms with Crippen LogP contribution in [0.5, 0.6) is 5.75 Å². The molecule has 0 unspecified atom stereocenters. The van der Waals surface area contributed by atoms with Crippen molar-refractivity contribution in [3.05, 3.63) is 29.3 Å². The molecule has 1 fully saturated rings. The zero-order valence-corrected chi connectivity index (χ0v) is 22.9. The molecule has 1 aromatic rings. The van der Waals surface area contributed by atoms with Gasteiger partial charge in [0.1, 0.15) is 12.4 Å². The molecule has 11 heteroatoms. The molecule has 0 aromatic heterocycles. The lowest BCUT2D eigenvalue weighted by molar-refractivity contribution is -0.198. The number of hydrogen-bond donors (Lipinski definition) is 1. The number of aryl methyl sites for hydroxylation is 1. The van der Waals surface area contributed by atoms with E-state index in [1.54, 1.807) is 0 Å². The van der Waals surface area contributed by atoms with Crippen molar-refractivity contribution in [2.75, 3.05) is 39.6 Å². The molecule has 38 heavy (non-hydrogen) atoms. The predicted octanol–water partition coefficient (Wildman–Crippen LogP) is 2.89. The summed E-state index contributed by atoms with van der Waals surface area (Å²) in [4.78, 5) is 56.1. The first-order chi connectivity index (χ1) is 18.1. The van der Waals surface area contributed by atoms with E-state index in [-0.39, 0.29) is 49.6 Å². The lowest BCUT2D eigenvalue weighted by Gasteiger charge is -2.20. The molecular weight excluding hydrogens is 512 g/mol. The van der Waals surface area contributed by atoms with Crippen LogP contribution in [0.3, 0.4) is 0 Å². The van der Waals surface area contributed by atoms with Crippen LogP contribution in [-0.2, 0) is 39.9 Å². The molecular formula is C27H36N2O8S. The Kier molecular flexibility index (Phi) is 11.3. The Morgan fingerprint density at radius 3 is 2.37 bits per heavy atom. The van der Waals surface area contributed by atoms with Crippen LogP contribution in [0.1, 0.15) is 63.5 Å². The molecule has 3 rings (SSSR count). The molecule has 0 bridgehead atoms. The number of rotatable bonds is 15. The molecule has 0 saturated carbocycles. The summed E-state index contributed by atoms with van der Waals surface area (Å²) < 4.78 is 16.3. The number of hydrogen-bond acceptors (Lipinski definition) is 10. The van der Waals surface area contributed by atoms with Gasteiger partial charge in [0, 0.05) is 29.7 Å². The number of nitrogens with zero attached hydrogens (tertiary/aromatic N) is 2. The third kappa shape index (κ3) is 9.85. The van der Waals surface area contributed by atoms with Crippen molar-refractivity contribution in [3.8, 4) is 5.75 Å². The average Bonchev–Trinajstić information content (AvgIpc) is 3.17. The number of fused-ring (bicyclic) bond motifs is 1. The van der Waals surface area contributed by atoms with E-state index >= 15 is 0 Å². The fourth-order valence-corrected chi connectivity index (χ4v) is 4.29. The highest BCUT2D eigenvalue weighted by Gasteiger charge is 2.32. The summed E-state index contributed by atoms with van der Waals surface area (Å²) in [5.74, 6) is -0.869. The standard InChI is InChI=1S/C27H36N2O8S/c1-27(2,38)17-20(30)18-28-23-5-3-4-19-16-21(6-7-22(19)23)36-15-14-35-13-12-34-11-10-26(33)37-29-24(31)8-9-25(29)32/h6-7,16,38H,3-5,8-15,17-18H2,1-2H3. The molecule has 1 saturated heterocycles. The number of aliphatic imine (C=N–C) groups is 1. The highest BCUT2D eigenvalue weighted by Crippen LogP contribution is 2.26. The predicted molar refractivity (Wildman–Crippen MR) is 142 cm³/mol. The maximum Gasteiger partial charge on any atom is 0.335 e. The smallest absolute Gasteiger partial charge is 0.335 e. The summed E-state index contributed by atoms with van der Waals surface area (Å²) in [5, 5.41) is 0.523. The van der Waals surface area contributed by atoms with Gasteiger partial charge >= 0.3 is 5.97 Å². The molecule has 1 aromatic carbocycles. The van der Waals surface area contributed by atoms with Gasteiger partial charge < -0.3 is 19.0 Å². The van der Waals surface area contributed by atoms with Crippen LogP contribution < -0.4 is 4.74 Å². The van der Waals surface area contributed by atoms with Crippen molar-refractivity contribution < 1.29 is 38.2 Å². The molecule has 2 aliphatic rings. The first-order valence-electron chi connectivity index (χ1n) is 12.9. The minimum atomic E-state index is -0.697. The van der Waals surface area contributed by atoms with Gasteiger partial charge in [-0.25, -0.2) is 4.79 Å². The van der Waals surface area contributed by atoms with E-state index in [0.29, 0.717) is 31.3 Å². The van der Waals surface area contributed by atoms with Crippen LogP contribution in [-0.4, -0.2) is 78.7 Å². The van der Waals surface area contributed by atoms with Crippen LogP contribution in [0, 0.1) is 0 Å². The summed E-state index contributed by atoms with van der Waals surface area (Å²) in [6.07, 6.45) is 3.22. The van der Waals surface area contributed by atoms with Gasteiger partial charge in [0.2, 0.25) is 0 Å². The molecule has 1 aliphatic heterocycles. The SMILES string of the molecule is CC(C)(S)CC(=O)CN=C1CCCc2cc(OCCOCCOCCC(=O)ON3C(=O)CCC3=O)ccc21. The number of Topliss-reactive ketones (excluding diaryl/α,β-unsaturated/α-hetero) is 1. The lowest BCUT2D eigenvalue weighted by Crippen LogP contribution is -2.32. The second kappa shape index (κ2) is 14.4. The number of carbonyl (C=O) groups excluding carboxylic acids is 4. The summed E-state index contributed by atoms with van der Waals surface area (Å²) in [5.41, 5.74) is 3.22. The fraction of sp³-hybridized carbons (Fsp3) is 0.593. The number of thiol groups is 1. The van der Waals surface area contributed by atoms with Crippen LogP contribution in [0.15, 0.2) is 23.2 Å². The van der Waals surface area contributed by atoms with Crippen molar-refractivity contribution >= 4 is 41.9 Å². The Hall–Kier alpha value is -2.76. The Morgan fingerprint density at radius 1 is 0.974 bits per heavy atom. The number of ether oxygens (including phenoxy) is 3. The van der Waals surface area contributed by atoms with Crippen molar-refractivity contribution in [3.63, 3.8) is 0 Å². The van der Waals surface area contributed by atoms with Gasteiger partial charge in [0.15, 0.2) is 5.78 Å². The van der Waals surface area contributed by atoms with Crippen LogP contribution >= 0.6 is 12.6 Å². The molecule has 1 heterocycles. The topological polar surface area (TPSA) is 121 Å². The van der Waals surface area contributed by atoms with Crippen molar-refractivity contribution in [1.29, 1.82) is 0 Å². The summed E-state index contributed by atoms with van der Waals surface area (Å²) in [6.45, 7) is 5.48. The van der Waals surface area contributed by atoms with Gasteiger partial charge in [-0.2, -0.15) is 12.6 Å². The van der Waals surface area contributed by atoms with Gasteiger partial charge in [-0.15, -0.1) is 5.06 Å². The van der Waals surface area contributed by atoms with Gasteiger partial charge in [0.25, 0.3) is 11.8 Å². The average molecular weight is 549 g/mol. The van der Waals surface area contributed by atoms with Crippen molar-refractivity contribution in [2.24, 2.45) is 4.99 Å². The Labute approximate surface area is 228 Å². The quantitative estimate of drug-likeness (QED) is 0.202. The highest BCUT2D eigenvalue weighted by atomic mass is 32.1. The molecule has 208 valence electrons. The maximum absolute atomic E-state index is 12.2. The number of amides is 2. The fourth-order valence-electron chi connectivity index (χ4n) is 4.12. The monoisotopic (exact) mass is 548 g/mol. The van der Waals surface area contributed by atoms with E-state index in [0.717, 1.165) is 36.3 Å². The second-order valence-corrected chi connectivity index (χ2v) is 11.0. The largest absolute Gasteiger partial charge is 0.491 e. The number of hydroxylamine groups is 2. The zero-order valence-electron chi connectivity index (χ0n) is 22.0. The maximum atomic E-state index is 12.2. The van der Waals surface area contributed by atoms with Gasteiger partial charge in [-0.05, 0) is 48.6 Å². The van der Waals surface area contributed by atoms with Crippen LogP contribution in [0.25, 0.3) is 0 Å². The van der Waals surface area contributed by atoms with E-state index in [2.05, 4.69) is 17.6 Å². The Balaban J connectivity index is 1.29. The zero-order chi connectivity index (χ0) is 27.5. The minimum Gasteiger partial charge on any atom is -0.491 e. The third-order valence-electron chi connectivity index (χ3n) is 5.84. The number of benzene rings is 1.